The van der Waals surface area contributed by atoms with Crippen molar-refractivity contribution < 1.29 is 10.0 Å². The number of aliphatic hydroxyl groups is 1. The van der Waals surface area contributed by atoms with Gasteiger partial charge in [-0.3, -0.25) is 15.1 Å². The topological polar surface area (TPSA) is 88.3 Å². The van der Waals surface area contributed by atoms with Gasteiger partial charge in [-0.2, -0.15) is 0 Å². The number of hydrogen-bond acceptors (Lipinski definition) is 5. The zero-order valence-electron chi connectivity index (χ0n) is 9.67. The molecule has 0 atom stereocenters. The van der Waals surface area contributed by atoms with Crippen LogP contribution in [0, 0.1) is 10.1 Å². The molecular weight excluding hydrogens is 234 g/mol. The molecule has 1 heterocycles. The molecule has 2 N–H and O–H groups in total. The minimum Gasteiger partial charge on any atom is -0.396 e. The Kier molecular flexibility index (Phi) is 3.69. The maximum atomic E-state index is 11.2. The van der Waals surface area contributed by atoms with E-state index in [1.165, 1.54) is 0 Å². The van der Waals surface area contributed by atoms with Gasteiger partial charge in [-0.05, 0) is 30.7 Å². The third-order valence-corrected chi connectivity index (χ3v) is 2.59. The molecule has 0 saturated heterocycles. The zero-order valence-corrected chi connectivity index (χ0v) is 9.67. The predicted molar refractivity (Wildman–Crippen MR) is 68.6 cm³/mol. The van der Waals surface area contributed by atoms with Crippen LogP contribution in [0.15, 0.2) is 30.5 Å². The van der Waals surface area contributed by atoms with Crippen molar-refractivity contribution >= 4 is 22.3 Å². The number of rotatable bonds is 5. The van der Waals surface area contributed by atoms with E-state index in [-0.39, 0.29) is 12.3 Å². The molecule has 0 aliphatic rings. The van der Waals surface area contributed by atoms with Crippen LogP contribution in [-0.4, -0.2) is 28.2 Å². The molecule has 0 radical (unpaired) electrons. The number of nitrogens with one attached hydrogen (secondary N) is 1. The zero-order chi connectivity index (χ0) is 13.0. The second-order valence-corrected chi connectivity index (χ2v) is 3.79. The van der Waals surface area contributed by atoms with Crippen molar-refractivity contribution in [3.05, 3.63) is 40.6 Å². The predicted octanol–water partition coefficient (Wildman–Crippen LogP) is 1.94. The average molecular weight is 247 g/mol. The van der Waals surface area contributed by atoms with Crippen LogP contribution >= 0.6 is 0 Å². The fourth-order valence-electron chi connectivity index (χ4n) is 1.78. The van der Waals surface area contributed by atoms with Gasteiger partial charge < -0.3 is 10.4 Å². The average Bonchev–Trinajstić information content (AvgIpc) is 2.38. The van der Waals surface area contributed by atoms with Crippen LogP contribution in [-0.2, 0) is 0 Å². The largest absolute Gasteiger partial charge is 0.396 e. The van der Waals surface area contributed by atoms with Crippen molar-refractivity contribution in [1.29, 1.82) is 0 Å². The summed E-state index contributed by atoms with van der Waals surface area (Å²) in [7, 11) is 0. The van der Waals surface area contributed by atoms with Crippen LogP contribution in [0.3, 0.4) is 0 Å². The van der Waals surface area contributed by atoms with Crippen LogP contribution in [0.2, 0.25) is 0 Å². The van der Waals surface area contributed by atoms with E-state index in [1.807, 2.05) is 0 Å². The molecule has 0 unspecified atom stereocenters. The highest BCUT2D eigenvalue weighted by atomic mass is 16.6. The summed E-state index contributed by atoms with van der Waals surface area (Å²) < 4.78 is 0. The first-order valence-electron chi connectivity index (χ1n) is 5.61. The Labute approximate surface area is 103 Å². The van der Waals surface area contributed by atoms with Crippen molar-refractivity contribution in [2.24, 2.45) is 0 Å². The number of pyridine rings is 1. The molecule has 0 saturated carbocycles. The van der Waals surface area contributed by atoms with Gasteiger partial charge in [0, 0.05) is 19.3 Å². The number of aliphatic hydroxyl groups excluding tert-OH is 1. The Hall–Kier alpha value is -2.21. The van der Waals surface area contributed by atoms with Crippen LogP contribution < -0.4 is 5.32 Å². The van der Waals surface area contributed by atoms with E-state index in [0.29, 0.717) is 29.6 Å². The van der Waals surface area contributed by atoms with E-state index in [2.05, 4.69) is 10.3 Å². The van der Waals surface area contributed by atoms with E-state index in [9.17, 15) is 10.1 Å². The lowest BCUT2D eigenvalue weighted by molar-refractivity contribution is -0.382. The SMILES string of the molecule is O=[N+]([O-])c1c(NCCCO)ccc2ncccc12. The molecule has 1 aromatic heterocycles. The van der Waals surface area contributed by atoms with Crippen LogP contribution in [0.1, 0.15) is 6.42 Å². The first-order valence-corrected chi connectivity index (χ1v) is 5.61. The normalized spacial score (nSPS) is 10.5. The van der Waals surface area contributed by atoms with Gasteiger partial charge in [0.05, 0.1) is 15.8 Å². The van der Waals surface area contributed by atoms with Gasteiger partial charge in [0.15, 0.2) is 0 Å². The lowest BCUT2D eigenvalue weighted by Crippen LogP contribution is -2.06. The minimum atomic E-state index is -0.411. The molecule has 2 aromatic rings. The Morgan fingerprint density at radius 1 is 1.39 bits per heavy atom. The summed E-state index contributed by atoms with van der Waals surface area (Å²) in [6.07, 6.45) is 2.15. The number of nitro benzene ring substituents is 1. The van der Waals surface area contributed by atoms with E-state index < -0.39 is 4.92 Å². The van der Waals surface area contributed by atoms with Crippen molar-refractivity contribution in [3.8, 4) is 0 Å². The molecule has 0 amide bonds. The Balaban J connectivity index is 2.46. The summed E-state index contributed by atoms with van der Waals surface area (Å²) in [5.41, 5.74) is 1.07. The third-order valence-electron chi connectivity index (χ3n) is 2.59. The Morgan fingerprint density at radius 3 is 2.94 bits per heavy atom. The monoisotopic (exact) mass is 247 g/mol. The summed E-state index contributed by atoms with van der Waals surface area (Å²) in [6.45, 7) is 0.541. The maximum Gasteiger partial charge on any atom is 0.301 e. The highest BCUT2D eigenvalue weighted by Crippen LogP contribution is 2.32. The van der Waals surface area contributed by atoms with Crippen molar-refractivity contribution in [2.45, 2.75) is 6.42 Å². The summed E-state index contributed by atoms with van der Waals surface area (Å²) in [6, 6.07) is 6.74. The van der Waals surface area contributed by atoms with Gasteiger partial charge in [0.25, 0.3) is 0 Å². The highest BCUT2D eigenvalue weighted by Gasteiger charge is 2.18. The summed E-state index contributed by atoms with van der Waals surface area (Å²) in [4.78, 5) is 14.8. The summed E-state index contributed by atoms with van der Waals surface area (Å²) >= 11 is 0. The molecule has 1 aromatic carbocycles. The van der Waals surface area contributed by atoms with E-state index in [1.54, 1.807) is 30.5 Å². The number of hydrogen-bond donors (Lipinski definition) is 2. The second-order valence-electron chi connectivity index (χ2n) is 3.79. The number of fused-ring (bicyclic) bond motifs is 1. The van der Waals surface area contributed by atoms with Crippen molar-refractivity contribution in [3.63, 3.8) is 0 Å². The molecule has 0 aliphatic carbocycles. The highest BCUT2D eigenvalue weighted by molar-refractivity contribution is 5.94. The van der Waals surface area contributed by atoms with Gasteiger partial charge in [-0.1, -0.05) is 0 Å². The molecule has 0 bridgehead atoms. The fourth-order valence-corrected chi connectivity index (χ4v) is 1.78. The third kappa shape index (κ3) is 2.38. The van der Waals surface area contributed by atoms with Crippen molar-refractivity contribution in [1.82, 2.24) is 4.98 Å². The molecule has 6 heteroatoms. The van der Waals surface area contributed by atoms with E-state index >= 15 is 0 Å². The summed E-state index contributed by atoms with van der Waals surface area (Å²) in [5, 5.41) is 23.3. The number of benzene rings is 1. The second kappa shape index (κ2) is 5.42. The van der Waals surface area contributed by atoms with E-state index in [0.717, 1.165) is 0 Å². The van der Waals surface area contributed by atoms with Crippen LogP contribution in [0.4, 0.5) is 11.4 Å². The lowest BCUT2D eigenvalue weighted by atomic mass is 10.1. The molecular formula is C12H13N3O3. The minimum absolute atomic E-state index is 0.0264. The lowest BCUT2D eigenvalue weighted by Gasteiger charge is -2.07. The first-order chi connectivity index (χ1) is 8.74. The first kappa shape index (κ1) is 12.3. The molecule has 6 nitrogen and oxygen atoms in total. The number of aromatic nitrogens is 1. The number of nitrogens with zero attached hydrogens (tertiary/aromatic N) is 2. The van der Waals surface area contributed by atoms with Crippen molar-refractivity contribution in [2.75, 3.05) is 18.5 Å². The number of nitro groups is 1. The maximum absolute atomic E-state index is 11.2. The quantitative estimate of drug-likeness (QED) is 0.479. The molecule has 2 rings (SSSR count). The standard InChI is InChI=1S/C12H13N3O3/c16-8-2-7-14-11-5-4-10-9(3-1-6-13-10)12(11)15(17)18/h1,3-6,14,16H,2,7-8H2. The Bertz CT molecular complexity index is 571. The van der Waals surface area contributed by atoms with Gasteiger partial charge >= 0.3 is 5.69 Å². The fraction of sp³-hybridized carbons (Fsp3) is 0.250. The van der Waals surface area contributed by atoms with Crippen LogP contribution in [0.25, 0.3) is 10.9 Å². The van der Waals surface area contributed by atoms with Gasteiger partial charge in [0.2, 0.25) is 0 Å². The molecule has 0 fully saturated rings. The molecule has 18 heavy (non-hydrogen) atoms. The smallest absolute Gasteiger partial charge is 0.301 e. The molecule has 0 spiro atoms. The van der Waals surface area contributed by atoms with Crippen LogP contribution in [0.5, 0.6) is 0 Å². The van der Waals surface area contributed by atoms with Gasteiger partial charge in [-0.15, -0.1) is 0 Å². The van der Waals surface area contributed by atoms with Gasteiger partial charge in [0.1, 0.15) is 5.69 Å². The molecule has 94 valence electrons. The van der Waals surface area contributed by atoms with Gasteiger partial charge in [-0.25, -0.2) is 0 Å². The number of anilines is 1. The van der Waals surface area contributed by atoms with E-state index in [4.69, 9.17) is 5.11 Å². The molecule has 0 aliphatic heterocycles. The Morgan fingerprint density at radius 2 is 2.22 bits per heavy atom. The summed E-state index contributed by atoms with van der Waals surface area (Å²) in [5.74, 6) is 0.